The largest absolute Gasteiger partial charge is 0.359 e. The van der Waals surface area contributed by atoms with Crippen molar-refractivity contribution in [3.8, 4) is 0 Å². The highest BCUT2D eigenvalue weighted by molar-refractivity contribution is 6.35. The van der Waals surface area contributed by atoms with Gasteiger partial charge >= 0.3 is 0 Å². The van der Waals surface area contributed by atoms with Gasteiger partial charge in [-0.15, -0.1) is 0 Å². The number of nitrogens with zero attached hydrogens (tertiary/aromatic N) is 1. The minimum absolute atomic E-state index is 0.764. The molecule has 0 aliphatic rings. The van der Waals surface area contributed by atoms with E-state index >= 15 is 0 Å². The van der Waals surface area contributed by atoms with Gasteiger partial charge in [0.15, 0.2) is 0 Å². The quantitative estimate of drug-likeness (QED) is 0.640. The van der Waals surface area contributed by atoms with Gasteiger partial charge in [0.2, 0.25) is 0 Å². The minimum atomic E-state index is 0.764. The zero-order valence-electron chi connectivity index (χ0n) is 6.06. The van der Waals surface area contributed by atoms with Gasteiger partial charge in [0.1, 0.15) is 0 Å². The van der Waals surface area contributed by atoms with Crippen molar-refractivity contribution in [2.24, 2.45) is 0 Å². The number of pyridine rings is 1. The molecule has 56 valence electrons. The van der Waals surface area contributed by atoms with Gasteiger partial charge in [-0.1, -0.05) is 11.6 Å². The molecule has 2 aromatic heterocycles. The second-order valence-electron chi connectivity index (χ2n) is 2.49. The molecule has 3 heteroatoms. The first-order chi connectivity index (χ1) is 5.29. The van der Waals surface area contributed by atoms with Crippen LogP contribution < -0.4 is 0 Å². The van der Waals surface area contributed by atoms with Gasteiger partial charge in [0, 0.05) is 12.4 Å². The molecule has 0 spiro atoms. The third-order valence-electron chi connectivity index (χ3n) is 1.69. The van der Waals surface area contributed by atoms with Gasteiger partial charge in [-0.3, -0.25) is 4.98 Å². The summed E-state index contributed by atoms with van der Waals surface area (Å²) in [6.07, 6.45) is 3.61. The maximum absolute atomic E-state index is 6.00. The molecule has 2 nitrogen and oxygen atoms in total. The molecule has 0 unspecified atom stereocenters. The zero-order chi connectivity index (χ0) is 7.84. The van der Waals surface area contributed by atoms with Crippen LogP contribution >= 0.6 is 11.6 Å². The Morgan fingerprint density at radius 2 is 2.36 bits per heavy atom. The van der Waals surface area contributed by atoms with Crippen molar-refractivity contribution in [2.45, 2.75) is 6.92 Å². The summed E-state index contributed by atoms with van der Waals surface area (Å²) in [6.45, 7) is 1.94. The lowest BCUT2D eigenvalue weighted by molar-refractivity contribution is 1.33. The van der Waals surface area contributed by atoms with Gasteiger partial charge in [0.05, 0.1) is 16.1 Å². The number of aryl methyl sites for hydroxylation is 1. The van der Waals surface area contributed by atoms with E-state index in [4.69, 9.17) is 11.6 Å². The number of hydrogen-bond acceptors (Lipinski definition) is 1. The molecule has 11 heavy (non-hydrogen) atoms. The summed E-state index contributed by atoms with van der Waals surface area (Å²) in [5.41, 5.74) is 2.84. The van der Waals surface area contributed by atoms with E-state index in [9.17, 15) is 0 Å². The first-order valence-corrected chi connectivity index (χ1v) is 3.75. The lowest BCUT2D eigenvalue weighted by atomic mass is 10.3. The van der Waals surface area contributed by atoms with E-state index in [1.807, 2.05) is 19.2 Å². The maximum Gasteiger partial charge on any atom is 0.0894 e. The number of H-pyrrole nitrogens is 1. The smallest absolute Gasteiger partial charge is 0.0894 e. The first-order valence-electron chi connectivity index (χ1n) is 3.37. The number of aromatic nitrogens is 2. The highest BCUT2D eigenvalue weighted by atomic mass is 35.5. The Labute approximate surface area is 69.2 Å². The van der Waals surface area contributed by atoms with Gasteiger partial charge in [-0.25, -0.2) is 0 Å². The Balaban J connectivity index is 2.93. The molecule has 2 heterocycles. The first kappa shape index (κ1) is 6.68. The lowest BCUT2D eigenvalue weighted by Crippen LogP contribution is -1.80. The van der Waals surface area contributed by atoms with Crippen molar-refractivity contribution >= 4 is 22.6 Å². The van der Waals surface area contributed by atoms with E-state index in [1.54, 1.807) is 6.20 Å². The van der Waals surface area contributed by atoms with E-state index in [-0.39, 0.29) is 0 Å². The second kappa shape index (κ2) is 2.24. The van der Waals surface area contributed by atoms with E-state index in [1.165, 1.54) is 0 Å². The third-order valence-corrected chi connectivity index (χ3v) is 2.18. The van der Waals surface area contributed by atoms with Gasteiger partial charge in [-0.2, -0.15) is 0 Å². The zero-order valence-corrected chi connectivity index (χ0v) is 6.81. The van der Waals surface area contributed by atoms with Crippen LogP contribution in [0.2, 0.25) is 5.02 Å². The molecule has 0 amide bonds. The molecule has 0 aliphatic heterocycles. The van der Waals surface area contributed by atoms with Gasteiger partial charge in [-0.05, 0) is 18.6 Å². The molecule has 0 bridgehead atoms. The minimum Gasteiger partial charge on any atom is -0.359 e. The number of fused-ring (bicyclic) bond motifs is 1. The molecular weight excluding hydrogens is 160 g/mol. The summed E-state index contributed by atoms with van der Waals surface area (Å²) >= 11 is 6.00. The molecular formula is C8H7ClN2. The van der Waals surface area contributed by atoms with Crippen molar-refractivity contribution in [1.29, 1.82) is 0 Å². The van der Waals surface area contributed by atoms with Crippen molar-refractivity contribution in [2.75, 3.05) is 0 Å². The van der Waals surface area contributed by atoms with E-state index in [0.717, 1.165) is 21.6 Å². The molecule has 0 aromatic carbocycles. The Morgan fingerprint density at radius 3 is 3.18 bits per heavy atom. The number of hydrogen-bond donors (Lipinski definition) is 1. The van der Waals surface area contributed by atoms with Crippen LogP contribution in [0.15, 0.2) is 18.5 Å². The predicted molar refractivity (Wildman–Crippen MR) is 45.8 cm³/mol. The van der Waals surface area contributed by atoms with Gasteiger partial charge < -0.3 is 4.98 Å². The summed E-state index contributed by atoms with van der Waals surface area (Å²) in [5, 5.41) is 0.764. The second-order valence-corrected chi connectivity index (χ2v) is 2.87. The fraction of sp³-hybridized carbons (Fsp3) is 0.125. The van der Waals surface area contributed by atoms with E-state index in [0.29, 0.717) is 0 Å². The van der Waals surface area contributed by atoms with E-state index < -0.39 is 0 Å². The van der Waals surface area contributed by atoms with Crippen LogP contribution in [0.25, 0.3) is 11.0 Å². The van der Waals surface area contributed by atoms with Crippen LogP contribution in [0.3, 0.4) is 0 Å². The predicted octanol–water partition coefficient (Wildman–Crippen LogP) is 2.52. The third kappa shape index (κ3) is 0.906. The summed E-state index contributed by atoms with van der Waals surface area (Å²) in [4.78, 5) is 7.22. The highest BCUT2D eigenvalue weighted by Gasteiger charge is 2.02. The lowest BCUT2D eigenvalue weighted by Gasteiger charge is -1.96. The number of aromatic amines is 1. The standard InChI is InChI=1S/C8H7ClN2/c1-5-4-11-6-2-3-10-8(6)7(5)9/h2-4,10H,1H3. The molecule has 2 aromatic rings. The molecule has 2 rings (SSSR count). The fourth-order valence-corrected chi connectivity index (χ4v) is 1.26. The SMILES string of the molecule is Cc1cnc2cc[nH]c2c1Cl. The molecule has 0 atom stereocenters. The van der Waals surface area contributed by atoms with Crippen LogP contribution in [0.4, 0.5) is 0 Å². The van der Waals surface area contributed by atoms with Crippen molar-refractivity contribution in [3.05, 3.63) is 29.0 Å². The monoisotopic (exact) mass is 166 g/mol. The van der Waals surface area contributed by atoms with Crippen LogP contribution in [0.1, 0.15) is 5.56 Å². The fourth-order valence-electron chi connectivity index (χ4n) is 1.06. The maximum atomic E-state index is 6.00. The molecule has 0 radical (unpaired) electrons. The number of nitrogens with one attached hydrogen (secondary N) is 1. The van der Waals surface area contributed by atoms with Crippen LogP contribution in [0.5, 0.6) is 0 Å². The molecule has 1 N–H and O–H groups in total. The Hall–Kier alpha value is -1.02. The van der Waals surface area contributed by atoms with Crippen molar-refractivity contribution in [3.63, 3.8) is 0 Å². The molecule has 0 fully saturated rings. The number of rotatable bonds is 0. The van der Waals surface area contributed by atoms with Crippen molar-refractivity contribution < 1.29 is 0 Å². The van der Waals surface area contributed by atoms with E-state index in [2.05, 4.69) is 9.97 Å². The highest BCUT2D eigenvalue weighted by Crippen LogP contribution is 2.22. The Bertz CT molecular complexity index is 392. The van der Waals surface area contributed by atoms with Crippen LogP contribution in [-0.4, -0.2) is 9.97 Å². The Morgan fingerprint density at radius 1 is 1.55 bits per heavy atom. The van der Waals surface area contributed by atoms with Gasteiger partial charge in [0.25, 0.3) is 0 Å². The summed E-state index contributed by atoms with van der Waals surface area (Å²) in [6, 6.07) is 1.90. The van der Waals surface area contributed by atoms with Crippen LogP contribution in [0, 0.1) is 6.92 Å². The topological polar surface area (TPSA) is 28.7 Å². The van der Waals surface area contributed by atoms with Crippen LogP contribution in [-0.2, 0) is 0 Å². The average molecular weight is 167 g/mol. The summed E-state index contributed by atoms with van der Waals surface area (Å²) in [7, 11) is 0. The molecule has 0 saturated heterocycles. The summed E-state index contributed by atoms with van der Waals surface area (Å²) < 4.78 is 0. The number of halogens is 1. The van der Waals surface area contributed by atoms with Crippen molar-refractivity contribution in [1.82, 2.24) is 9.97 Å². The normalized spacial score (nSPS) is 10.7. The average Bonchev–Trinajstić information content (AvgIpc) is 2.45. The summed E-state index contributed by atoms with van der Waals surface area (Å²) in [5.74, 6) is 0. The molecule has 0 saturated carbocycles. The Kier molecular flexibility index (Phi) is 1.36. The molecule has 0 aliphatic carbocycles.